The van der Waals surface area contributed by atoms with Crippen molar-refractivity contribution in [1.82, 2.24) is 0 Å². The molecular formula is C13H9BrCl2N2O. The van der Waals surface area contributed by atoms with E-state index >= 15 is 0 Å². The van der Waals surface area contributed by atoms with Crippen molar-refractivity contribution in [3.05, 3.63) is 56.5 Å². The summed E-state index contributed by atoms with van der Waals surface area (Å²) in [4.78, 5) is 12.2. The molecular weight excluding hydrogens is 351 g/mol. The molecule has 1 amide bonds. The molecule has 0 spiro atoms. The van der Waals surface area contributed by atoms with Gasteiger partial charge in [-0.1, -0.05) is 35.3 Å². The average Bonchev–Trinajstić information content (AvgIpc) is 2.37. The second kappa shape index (κ2) is 5.82. The van der Waals surface area contributed by atoms with Gasteiger partial charge in [-0.15, -0.1) is 0 Å². The SMILES string of the molecule is Nc1cccc(Cl)c1NC(=O)c1cccc(Br)c1Cl. The fourth-order valence-electron chi connectivity index (χ4n) is 1.53. The van der Waals surface area contributed by atoms with Gasteiger partial charge in [0.2, 0.25) is 0 Å². The highest BCUT2D eigenvalue weighted by atomic mass is 79.9. The molecule has 0 saturated carbocycles. The molecule has 0 unspecified atom stereocenters. The normalized spacial score (nSPS) is 10.3. The number of anilines is 2. The second-order valence-corrected chi connectivity index (χ2v) is 5.40. The molecule has 0 fully saturated rings. The summed E-state index contributed by atoms with van der Waals surface area (Å²) in [5.41, 5.74) is 6.89. The minimum Gasteiger partial charge on any atom is -0.397 e. The number of halogens is 3. The first-order chi connectivity index (χ1) is 9.00. The van der Waals surface area contributed by atoms with Gasteiger partial charge in [-0.3, -0.25) is 4.79 Å². The Morgan fingerprint density at radius 2 is 1.84 bits per heavy atom. The molecule has 6 heteroatoms. The molecule has 0 saturated heterocycles. The quantitative estimate of drug-likeness (QED) is 0.770. The largest absolute Gasteiger partial charge is 0.397 e. The Balaban J connectivity index is 2.34. The van der Waals surface area contributed by atoms with Crippen LogP contribution in [0, 0.1) is 0 Å². The summed E-state index contributed by atoms with van der Waals surface area (Å²) in [6, 6.07) is 10.1. The Morgan fingerprint density at radius 1 is 1.16 bits per heavy atom. The van der Waals surface area contributed by atoms with Crippen LogP contribution in [0.2, 0.25) is 10.0 Å². The molecule has 0 bridgehead atoms. The van der Waals surface area contributed by atoms with Crippen LogP contribution < -0.4 is 11.1 Å². The van der Waals surface area contributed by atoms with Crippen molar-refractivity contribution in [3.63, 3.8) is 0 Å². The molecule has 0 aromatic heterocycles. The molecule has 2 aromatic carbocycles. The Hall–Kier alpha value is -1.23. The predicted molar refractivity (Wildman–Crippen MR) is 83.0 cm³/mol. The number of rotatable bonds is 2. The Kier molecular flexibility index (Phi) is 4.34. The lowest BCUT2D eigenvalue weighted by Crippen LogP contribution is -2.14. The molecule has 0 aliphatic heterocycles. The third kappa shape index (κ3) is 3.03. The van der Waals surface area contributed by atoms with E-state index in [0.717, 1.165) is 0 Å². The van der Waals surface area contributed by atoms with Crippen LogP contribution in [0.3, 0.4) is 0 Å². The van der Waals surface area contributed by atoms with E-state index < -0.39 is 0 Å². The maximum Gasteiger partial charge on any atom is 0.257 e. The van der Waals surface area contributed by atoms with Crippen molar-refractivity contribution in [2.24, 2.45) is 0 Å². The van der Waals surface area contributed by atoms with E-state index in [0.29, 0.717) is 31.5 Å². The van der Waals surface area contributed by atoms with Crippen LogP contribution in [0.15, 0.2) is 40.9 Å². The molecule has 0 aliphatic carbocycles. The number of carbonyl (C=O) groups is 1. The van der Waals surface area contributed by atoms with E-state index in [1.54, 1.807) is 36.4 Å². The number of carbonyl (C=O) groups excluding carboxylic acids is 1. The maximum atomic E-state index is 12.2. The zero-order valence-corrected chi connectivity index (χ0v) is 12.7. The minimum absolute atomic E-state index is 0.339. The van der Waals surface area contributed by atoms with E-state index in [-0.39, 0.29) is 5.91 Å². The van der Waals surface area contributed by atoms with Crippen LogP contribution in [-0.2, 0) is 0 Å². The highest BCUT2D eigenvalue weighted by molar-refractivity contribution is 9.10. The first-order valence-corrected chi connectivity index (χ1v) is 6.85. The van der Waals surface area contributed by atoms with Crippen molar-refractivity contribution in [2.45, 2.75) is 0 Å². The average molecular weight is 360 g/mol. The van der Waals surface area contributed by atoms with Crippen molar-refractivity contribution >= 4 is 56.4 Å². The van der Waals surface area contributed by atoms with Crippen LogP contribution in [0.25, 0.3) is 0 Å². The number of nitrogen functional groups attached to an aromatic ring is 1. The number of hydrogen-bond acceptors (Lipinski definition) is 2. The van der Waals surface area contributed by atoms with Gasteiger partial charge in [0, 0.05) is 4.47 Å². The summed E-state index contributed by atoms with van der Waals surface area (Å²) >= 11 is 15.3. The highest BCUT2D eigenvalue weighted by Gasteiger charge is 2.15. The van der Waals surface area contributed by atoms with Gasteiger partial charge in [-0.05, 0) is 40.2 Å². The first kappa shape index (κ1) is 14.2. The molecule has 2 aromatic rings. The lowest BCUT2D eigenvalue weighted by Gasteiger charge is -2.11. The summed E-state index contributed by atoms with van der Waals surface area (Å²) in [6.45, 7) is 0. The fourth-order valence-corrected chi connectivity index (χ4v) is 2.34. The smallest absolute Gasteiger partial charge is 0.257 e. The minimum atomic E-state index is -0.369. The van der Waals surface area contributed by atoms with Crippen molar-refractivity contribution in [3.8, 4) is 0 Å². The number of nitrogens with one attached hydrogen (secondary N) is 1. The standard InChI is InChI=1S/C13H9BrCl2N2O/c14-8-4-1-3-7(11(8)16)13(19)18-12-9(15)5-2-6-10(12)17/h1-6H,17H2,(H,18,19). The fraction of sp³-hybridized carbons (Fsp3) is 0. The third-order valence-electron chi connectivity index (χ3n) is 2.48. The van der Waals surface area contributed by atoms with Gasteiger partial charge in [0.1, 0.15) is 0 Å². The molecule has 2 rings (SSSR count). The molecule has 0 radical (unpaired) electrons. The van der Waals surface area contributed by atoms with Gasteiger partial charge in [-0.2, -0.15) is 0 Å². The van der Waals surface area contributed by atoms with E-state index in [9.17, 15) is 4.79 Å². The van der Waals surface area contributed by atoms with E-state index in [4.69, 9.17) is 28.9 Å². The van der Waals surface area contributed by atoms with Gasteiger partial charge in [0.05, 0.1) is 27.0 Å². The van der Waals surface area contributed by atoms with Crippen LogP contribution in [0.4, 0.5) is 11.4 Å². The Bertz CT molecular complexity index is 626. The molecule has 3 nitrogen and oxygen atoms in total. The molecule has 3 N–H and O–H groups in total. The zero-order valence-electron chi connectivity index (χ0n) is 9.58. The van der Waals surface area contributed by atoms with Gasteiger partial charge in [0.15, 0.2) is 0 Å². The van der Waals surface area contributed by atoms with Crippen LogP contribution in [0.5, 0.6) is 0 Å². The van der Waals surface area contributed by atoms with Gasteiger partial charge in [-0.25, -0.2) is 0 Å². The Morgan fingerprint density at radius 3 is 2.53 bits per heavy atom. The lowest BCUT2D eigenvalue weighted by atomic mass is 10.2. The summed E-state index contributed by atoms with van der Waals surface area (Å²) in [6.07, 6.45) is 0. The van der Waals surface area contributed by atoms with Crippen LogP contribution in [0.1, 0.15) is 10.4 Å². The van der Waals surface area contributed by atoms with E-state index in [1.165, 1.54) is 0 Å². The Labute approximate surface area is 128 Å². The predicted octanol–water partition coefficient (Wildman–Crippen LogP) is 4.59. The summed E-state index contributed by atoms with van der Waals surface area (Å²) < 4.78 is 0.647. The van der Waals surface area contributed by atoms with Gasteiger partial charge < -0.3 is 11.1 Å². The number of hydrogen-bond donors (Lipinski definition) is 2. The lowest BCUT2D eigenvalue weighted by molar-refractivity contribution is 0.102. The first-order valence-electron chi connectivity index (χ1n) is 5.30. The third-order valence-corrected chi connectivity index (χ3v) is 4.09. The summed E-state index contributed by atoms with van der Waals surface area (Å²) in [5.74, 6) is -0.369. The second-order valence-electron chi connectivity index (χ2n) is 3.76. The van der Waals surface area contributed by atoms with Gasteiger partial charge in [0.25, 0.3) is 5.91 Å². The maximum absolute atomic E-state index is 12.2. The highest BCUT2D eigenvalue weighted by Crippen LogP contribution is 2.30. The van der Waals surface area contributed by atoms with E-state index in [1.807, 2.05) is 0 Å². The number of amides is 1. The zero-order chi connectivity index (χ0) is 14.0. The molecule has 0 aliphatic rings. The molecule has 98 valence electrons. The molecule has 19 heavy (non-hydrogen) atoms. The number of nitrogens with two attached hydrogens (primary N) is 1. The van der Waals surface area contributed by atoms with Crippen molar-refractivity contribution < 1.29 is 4.79 Å². The molecule has 0 heterocycles. The monoisotopic (exact) mass is 358 g/mol. The summed E-state index contributed by atoms with van der Waals surface area (Å²) in [5, 5.41) is 3.37. The van der Waals surface area contributed by atoms with Crippen molar-refractivity contribution in [1.29, 1.82) is 0 Å². The van der Waals surface area contributed by atoms with Crippen LogP contribution >= 0.6 is 39.1 Å². The van der Waals surface area contributed by atoms with Crippen molar-refractivity contribution in [2.75, 3.05) is 11.1 Å². The number of benzene rings is 2. The topological polar surface area (TPSA) is 55.1 Å². The summed E-state index contributed by atoms with van der Waals surface area (Å²) in [7, 11) is 0. The molecule has 0 atom stereocenters. The number of para-hydroxylation sites is 1. The van der Waals surface area contributed by atoms with Crippen LogP contribution in [-0.4, -0.2) is 5.91 Å². The van der Waals surface area contributed by atoms with Gasteiger partial charge >= 0.3 is 0 Å². The van der Waals surface area contributed by atoms with E-state index in [2.05, 4.69) is 21.2 Å².